The zero-order chi connectivity index (χ0) is 23.5. The minimum atomic E-state index is 0.119. The largest absolute Gasteiger partial charge is 0.493 e. The van der Waals surface area contributed by atoms with Crippen LogP contribution >= 0.6 is 0 Å². The van der Waals surface area contributed by atoms with Crippen molar-refractivity contribution in [3.05, 3.63) is 83.2 Å². The normalized spacial score (nSPS) is 15.1. The van der Waals surface area contributed by atoms with Gasteiger partial charge in [0.15, 0.2) is 11.5 Å². The van der Waals surface area contributed by atoms with E-state index in [1.807, 2.05) is 24.4 Å². The van der Waals surface area contributed by atoms with Crippen molar-refractivity contribution >= 4 is 11.5 Å². The molecule has 0 aliphatic heterocycles. The Hall–Kier alpha value is -3.60. The van der Waals surface area contributed by atoms with E-state index < -0.39 is 0 Å². The first-order valence-corrected chi connectivity index (χ1v) is 11.9. The van der Waals surface area contributed by atoms with Crippen LogP contribution in [0.15, 0.2) is 60.8 Å². The lowest BCUT2D eigenvalue weighted by molar-refractivity contribution is -0.121. The quantitative estimate of drug-likeness (QED) is 0.522. The van der Waals surface area contributed by atoms with Crippen molar-refractivity contribution in [1.29, 1.82) is 0 Å². The first-order chi connectivity index (χ1) is 16.6. The number of benzene rings is 2. The van der Waals surface area contributed by atoms with Gasteiger partial charge in [-0.1, -0.05) is 49.2 Å². The van der Waals surface area contributed by atoms with Crippen molar-refractivity contribution in [3.63, 3.8) is 0 Å². The van der Waals surface area contributed by atoms with Crippen LogP contribution in [0.4, 0.5) is 0 Å². The molecule has 174 valence electrons. The van der Waals surface area contributed by atoms with Gasteiger partial charge in [0.2, 0.25) is 5.91 Å². The molecule has 5 heteroatoms. The lowest BCUT2D eigenvalue weighted by atomic mass is 9.96. The molecule has 1 amide bonds. The Morgan fingerprint density at radius 3 is 2.41 bits per heavy atom. The van der Waals surface area contributed by atoms with Crippen molar-refractivity contribution in [2.45, 2.75) is 44.6 Å². The maximum absolute atomic E-state index is 12.4. The van der Waals surface area contributed by atoms with Crippen LogP contribution in [0.2, 0.25) is 0 Å². The van der Waals surface area contributed by atoms with Crippen LogP contribution in [-0.2, 0) is 17.6 Å². The van der Waals surface area contributed by atoms with Gasteiger partial charge in [0.25, 0.3) is 0 Å². The number of hydrogen-bond acceptors (Lipinski definition) is 4. The van der Waals surface area contributed by atoms with E-state index in [0.717, 1.165) is 52.8 Å². The Morgan fingerprint density at radius 2 is 1.68 bits per heavy atom. The third-order valence-electron chi connectivity index (χ3n) is 6.83. The summed E-state index contributed by atoms with van der Waals surface area (Å²) in [5.41, 5.74) is 7.67. The standard InChI is InChI=1S/C29H30N2O3/c1-33-27-14-11-21(17-28(27)34-2)22-16-25-24(12-13-26(25)30-18-22)20-9-7-19(8-10-20)15-29(32)31-23-5-3-4-6-23/h7-12,14,16-18,23H,3-6,13,15H2,1-2H3,(H,31,32). The number of aromatic nitrogens is 1. The van der Waals surface area contributed by atoms with Crippen molar-refractivity contribution in [2.24, 2.45) is 0 Å². The minimum Gasteiger partial charge on any atom is -0.493 e. The Balaban J connectivity index is 1.33. The third kappa shape index (κ3) is 4.56. The number of pyridine rings is 1. The Kier molecular flexibility index (Phi) is 6.35. The summed E-state index contributed by atoms with van der Waals surface area (Å²) >= 11 is 0. The van der Waals surface area contributed by atoms with Crippen molar-refractivity contribution in [1.82, 2.24) is 10.3 Å². The second-order valence-corrected chi connectivity index (χ2v) is 9.03. The van der Waals surface area contributed by atoms with Crippen LogP contribution in [0.3, 0.4) is 0 Å². The molecular weight excluding hydrogens is 424 g/mol. The number of carbonyl (C=O) groups excluding carboxylic acids is 1. The fourth-order valence-electron chi connectivity index (χ4n) is 4.98. The molecule has 1 heterocycles. The van der Waals surface area contributed by atoms with Crippen LogP contribution in [0, 0.1) is 0 Å². The highest BCUT2D eigenvalue weighted by Gasteiger charge is 2.20. The number of amides is 1. The monoisotopic (exact) mass is 454 g/mol. The molecule has 2 aromatic carbocycles. The molecule has 1 fully saturated rings. The van der Waals surface area contributed by atoms with Crippen LogP contribution in [0.25, 0.3) is 16.7 Å². The van der Waals surface area contributed by atoms with E-state index in [9.17, 15) is 4.79 Å². The molecule has 0 spiro atoms. The summed E-state index contributed by atoms with van der Waals surface area (Å²) in [5, 5.41) is 3.17. The van der Waals surface area contributed by atoms with Gasteiger partial charge in [-0.2, -0.15) is 0 Å². The molecule has 5 rings (SSSR count). The highest BCUT2D eigenvalue weighted by molar-refractivity contribution is 5.86. The van der Waals surface area contributed by atoms with E-state index in [4.69, 9.17) is 14.5 Å². The zero-order valence-corrected chi connectivity index (χ0v) is 19.8. The summed E-state index contributed by atoms with van der Waals surface area (Å²) in [7, 11) is 3.28. The van der Waals surface area contributed by atoms with Crippen LogP contribution in [-0.4, -0.2) is 31.2 Å². The smallest absolute Gasteiger partial charge is 0.224 e. The van der Waals surface area contributed by atoms with Gasteiger partial charge < -0.3 is 14.8 Å². The van der Waals surface area contributed by atoms with E-state index in [1.165, 1.54) is 18.4 Å². The van der Waals surface area contributed by atoms with Gasteiger partial charge in [0.05, 0.1) is 26.3 Å². The number of methoxy groups -OCH3 is 2. The van der Waals surface area contributed by atoms with E-state index in [0.29, 0.717) is 24.0 Å². The number of allylic oxidation sites excluding steroid dienone is 1. The first-order valence-electron chi connectivity index (χ1n) is 11.9. The highest BCUT2D eigenvalue weighted by Crippen LogP contribution is 2.37. The fourth-order valence-corrected chi connectivity index (χ4v) is 4.98. The number of carbonyl (C=O) groups is 1. The molecule has 5 nitrogen and oxygen atoms in total. The molecule has 34 heavy (non-hydrogen) atoms. The highest BCUT2D eigenvalue weighted by atomic mass is 16.5. The third-order valence-corrected chi connectivity index (χ3v) is 6.83. The molecule has 0 saturated heterocycles. The molecule has 0 unspecified atom stereocenters. The maximum Gasteiger partial charge on any atom is 0.224 e. The van der Waals surface area contributed by atoms with Crippen molar-refractivity contribution in [2.75, 3.05) is 14.2 Å². The second kappa shape index (κ2) is 9.72. The van der Waals surface area contributed by atoms with Crippen LogP contribution < -0.4 is 14.8 Å². The average Bonchev–Trinajstić information content (AvgIpc) is 3.53. The Morgan fingerprint density at radius 1 is 0.941 bits per heavy atom. The van der Waals surface area contributed by atoms with Gasteiger partial charge in [0.1, 0.15) is 0 Å². The van der Waals surface area contributed by atoms with Gasteiger partial charge in [-0.15, -0.1) is 0 Å². The first kappa shape index (κ1) is 22.2. The summed E-state index contributed by atoms with van der Waals surface area (Å²) in [4.78, 5) is 17.1. The van der Waals surface area contributed by atoms with Gasteiger partial charge in [-0.25, -0.2) is 0 Å². The summed E-state index contributed by atoms with van der Waals surface area (Å²) in [6.07, 6.45) is 10.1. The van der Waals surface area contributed by atoms with E-state index >= 15 is 0 Å². The number of rotatable bonds is 7. The number of nitrogens with one attached hydrogen (secondary N) is 1. The maximum atomic E-state index is 12.4. The second-order valence-electron chi connectivity index (χ2n) is 9.03. The summed E-state index contributed by atoms with van der Waals surface area (Å²) in [6.45, 7) is 0. The summed E-state index contributed by atoms with van der Waals surface area (Å²) in [6, 6.07) is 16.8. The fraction of sp³-hybridized carbons (Fsp3) is 0.310. The SMILES string of the molecule is COc1ccc(-c2cnc3c(c2)C(c2ccc(CC(=O)NC4CCCC4)cc2)=CC3)cc1OC. The van der Waals surface area contributed by atoms with Gasteiger partial charge in [-0.3, -0.25) is 9.78 Å². The van der Waals surface area contributed by atoms with Crippen LogP contribution in [0.1, 0.15) is 48.1 Å². The minimum absolute atomic E-state index is 0.119. The lowest BCUT2D eigenvalue weighted by Crippen LogP contribution is -2.33. The van der Waals surface area contributed by atoms with Crippen molar-refractivity contribution in [3.8, 4) is 22.6 Å². The summed E-state index contributed by atoms with van der Waals surface area (Å²) < 4.78 is 10.8. The van der Waals surface area contributed by atoms with Crippen molar-refractivity contribution < 1.29 is 14.3 Å². The average molecular weight is 455 g/mol. The van der Waals surface area contributed by atoms with E-state index in [-0.39, 0.29) is 5.91 Å². The van der Waals surface area contributed by atoms with E-state index in [2.05, 4.69) is 41.7 Å². The zero-order valence-electron chi connectivity index (χ0n) is 19.8. The van der Waals surface area contributed by atoms with Crippen LogP contribution in [0.5, 0.6) is 11.5 Å². The molecule has 0 atom stereocenters. The predicted molar refractivity (Wildman–Crippen MR) is 134 cm³/mol. The molecule has 1 aromatic heterocycles. The predicted octanol–water partition coefficient (Wildman–Crippen LogP) is 5.35. The molecule has 1 saturated carbocycles. The number of nitrogens with zero attached hydrogens (tertiary/aromatic N) is 1. The summed E-state index contributed by atoms with van der Waals surface area (Å²) in [5.74, 6) is 1.52. The molecule has 0 bridgehead atoms. The molecule has 3 aromatic rings. The topological polar surface area (TPSA) is 60.5 Å². The van der Waals surface area contributed by atoms with E-state index in [1.54, 1.807) is 14.2 Å². The molecule has 1 N–H and O–H groups in total. The number of ether oxygens (including phenoxy) is 2. The van der Waals surface area contributed by atoms with Gasteiger partial charge >= 0.3 is 0 Å². The number of hydrogen-bond donors (Lipinski definition) is 1. The Labute approximate surface area is 200 Å². The molecule has 2 aliphatic rings. The molecule has 2 aliphatic carbocycles. The van der Waals surface area contributed by atoms with Gasteiger partial charge in [0, 0.05) is 29.8 Å². The van der Waals surface area contributed by atoms with Gasteiger partial charge in [-0.05, 0) is 53.3 Å². The lowest BCUT2D eigenvalue weighted by Gasteiger charge is -2.13. The Bertz CT molecular complexity index is 1220. The number of fused-ring (bicyclic) bond motifs is 1. The molecule has 0 radical (unpaired) electrons. The molecular formula is C29H30N2O3.